The molecule has 0 saturated carbocycles. The average molecular weight is 326 g/mol. The lowest BCUT2D eigenvalue weighted by Gasteiger charge is -2.29. The third-order valence-electron chi connectivity index (χ3n) is 4.11. The Morgan fingerprint density at radius 2 is 1.77 bits per heavy atom. The van der Waals surface area contributed by atoms with Crippen molar-refractivity contribution in [1.29, 1.82) is 0 Å². The second kappa shape index (κ2) is 7.55. The summed E-state index contributed by atoms with van der Waals surface area (Å²) < 4.78 is 26.2. The second-order valence-electron chi connectivity index (χ2n) is 6.11. The SMILES string of the molecule is Cc1ccc(S(=O)(=O)N(C)CC(O)CN2CCCCC2)cc1. The fourth-order valence-corrected chi connectivity index (χ4v) is 3.99. The lowest BCUT2D eigenvalue weighted by atomic mass is 10.1. The zero-order chi connectivity index (χ0) is 16.2. The van der Waals surface area contributed by atoms with Crippen molar-refractivity contribution >= 4 is 10.0 Å². The fraction of sp³-hybridized carbons (Fsp3) is 0.625. The third-order valence-corrected chi connectivity index (χ3v) is 5.95. The average Bonchev–Trinajstić information content (AvgIpc) is 2.48. The summed E-state index contributed by atoms with van der Waals surface area (Å²) in [6.45, 7) is 4.56. The van der Waals surface area contributed by atoms with Crippen LogP contribution in [0.2, 0.25) is 0 Å². The highest BCUT2D eigenvalue weighted by atomic mass is 32.2. The van der Waals surface area contributed by atoms with Crippen LogP contribution in [0.3, 0.4) is 0 Å². The Bertz CT molecular complexity index is 566. The number of sulfonamides is 1. The van der Waals surface area contributed by atoms with E-state index in [9.17, 15) is 13.5 Å². The maximum absolute atomic E-state index is 12.5. The first kappa shape index (κ1) is 17.4. The van der Waals surface area contributed by atoms with Crippen LogP contribution >= 0.6 is 0 Å². The van der Waals surface area contributed by atoms with Gasteiger partial charge in [0.2, 0.25) is 10.0 Å². The van der Waals surface area contributed by atoms with Crippen molar-refractivity contribution in [2.24, 2.45) is 0 Å². The van der Waals surface area contributed by atoms with Gasteiger partial charge >= 0.3 is 0 Å². The lowest BCUT2D eigenvalue weighted by Crippen LogP contribution is -2.42. The van der Waals surface area contributed by atoms with Gasteiger partial charge in [-0.1, -0.05) is 24.1 Å². The zero-order valence-corrected chi connectivity index (χ0v) is 14.2. The minimum absolute atomic E-state index is 0.118. The zero-order valence-electron chi connectivity index (χ0n) is 13.4. The summed E-state index contributed by atoms with van der Waals surface area (Å²) in [4.78, 5) is 2.48. The van der Waals surface area contributed by atoms with Gasteiger partial charge in [-0.2, -0.15) is 4.31 Å². The first-order valence-corrected chi connectivity index (χ1v) is 9.27. The number of β-amino-alcohol motifs (C(OH)–C–C–N with tert-alkyl or cyclic N) is 1. The van der Waals surface area contributed by atoms with E-state index in [1.807, 2.05) is 6.92 Å². The summed E-state index contributed by atoms with van der Waals surface area (Å²) in [5.74, 6) is 0. The van der Waals surface area contributed by atoms with Gasteiger partial charge in [0.1, 0.15) is 0 Å². The maximum atomic E-state index is 12.5. The number of aryl methyl sites for hydroxylation is 1. The molecule has 1 aliphatic heterocycles. The molecule has 0 bridgehead atoms. The molecule has 0 aliphatic carbocycles. The highest BCUT2D eigenvalue weighted by molar-refractivity contribution is 7.89. The molecule has 0 amide bonds. The number of likely N-dealkylation sites (N-methyl/N-ethyl adjacent to an activating group) is 1. The van der Waals surface area contributed by atoms with E-state index >= 15 is 0 Å². The van der Waals surface area contributed by atoms with Crippen LogP contribution < -0.4 is 0 Å². The number of likely N-dealkylation sites (tertiary alicyclic amines) is 1. The molecule has 0 radical (unpaired) electrons. The summed E-state index contributed by atoms with van der Waals surface area (Å²) >= 11 is 0. The van der Waals surface area contributed by atoms with Crippen molar-refractivity contribution in [1.82, 2.24) is 9.21 Å². The molecule has 1 unspecified atom stereocenters. The molecule has 1 aliphatic rings. The Balaban J connectivity index is 1.94. The Morgan fingerprint density at radius 3 is 2.36 bits per heavy atom. The van der Waals surface area contributed by atoms with Gasteiger partial charge in [0.15, 0.2) is 0 Å². The number of hydrogen-bond acceptors (Lipinski definition) is 4. The van der Waals surface area contributed by atoms with Crippen molar-refractivity contribution in [2.75, 3.05) is 33.2 Å². The van der Waals surface area contributed by atoms with E-state index in [-0.39, 0.29) is 11.4 Å². The highest BCUT2D eigenvalue weighted by Gasteiger charge is 2.24. The number of rotatable bonds is 6. The van der Waals surface area contributed by atoms with Crippen molar-refractivity contribution in [3.63, 3.8) is 0 Å². The summed E-state index contributed by atoms with van der Waals surface area (Å²) in [5.41, 5.74) is 1.02. The van der Waals surface area contributed by atoms with E-state index in [1.54, 1.807) is 24.3 Å². The van der Waals surface area contributed by atoms with Crippen LogP contribution in [0.5, 0.6) is 0 Å². The highest BCUT2D eigenvalue weighted by Crippen LogP contribution is 2.16. The molecule has 124 valence electrons. The van der Waals surface area contributed by atoms with Crippen LogP contribution in [-0.4, -0.2) is 62.1 Å². The largest absolute Gasteiger partial charge is 0.390 e. The minimum atomic E-state index is -3.54. The van der Waals surface area contributed by atoms with Gasteiger partial charge in [-0.25, -0.2) is 8.42 Å². The molecule has 1 fully saturated rings. The molecule has 1 aromatic carbocycles. The Kier molecular flexibility index (Phi) is 5.97. The second-order valence-corrected chi connectivity index (χ2v) is 8.16. The summed E-state index contributed by atoms with van der Waals surface area (Å²) in [6.07, 6.45) is 2.89. The van der Waals surface area contributed by atoms with Crippen molar-refractivity contribution < 1.29 is 13.5 Å². The van der Waals surface area contributed by atoms with Gasteiger partial charge in [-0.15, -0.1) is 0 Å². The maximum Gasteiger partial charge on any atom is 0.242 e. The van der Waals surface area contributed by atoms with E-state index in [0.717, 1.165) is 31.5 Å². The van der Waals surface area contributed by atoms with E-state index in [1.165, 1.54) is 17.8 Å². The van der Waals surface area contributed by atoms with Gasteiger partial charge < -0.3 is 10.0 Å². The summed E-state index contributed by atoms with van der Waals surface area (Å²) in [5, 5.41) is 10.2. The Labute approximate surface area is 133 Å². The third kappa shape index (κ3) is 4.52. The van der Waals surface area contributed by atoms with Gasteiger partial charge in [0.25, 0.3) is 0 Å². The van der Waals surface area contributed by atoms with E-state index in [0.29, 0.717) is 6.54 Å². The molecule has 22 heavy (non-hydrogen) atoms. The number of aliphatic hydroxyl groups excluding tert-OH is 1. The molecular formula is C16H26N2O3S. The molecule has 5 nitrogen and oxygen atoms in total. The topological polar surface area (TPSA) is 60.9 Å². The number of piperidine rings is 1. The fourth-order valence-electron chi connectivity index (χ4n) is 2.78. The number of nitrogens with zero attached hydrogens (tertiary/aromatic N) is 2. The van der Waals surface area contributed by atoms with E-state index < -0.39 is 16.1 Å². The molecular weight excluding hydrogens is 300 g/mol. The van der Waals surface area contributed by atoms with E-state index in [4.69, 9.17) is 0 Å². The molecule has 0 aromatic heterocycles. The Morgan fingerprint density at radius 1 is 1.18 bits per heavy atom. The van der Waals surface area contributed by atoms with Crippen LogP contribution in [0.1, 0.15) is 24.8 Å². The van der Waals surface area contributed by atoms with Crippen molar-refractivity contribution in [2.45, 2.75) is 37.2 Å². The first-order valence-electron chi connectivity index (χ1n) is 7.83. The predicted molar refractivity (Wildman–Crippen MR) is 87.3 cm³/mol. The smallest absolute Gasteiger partial charge is 0.242 e. The van der Waals surface area contributed by atoms with Gasteiger partial charge in [0.05, 0.1) is 11.0 Å². The van der Waals surface area contributed by atoms with Gasteiger partial charge in [0, 0.05) is 20.1 Å². The molecule has 2 rings (SSSR count). The monoisotopic (exact) mass is 326 g/mol. The quantitative estimate of drug-likeness (QED) is 0.860. The van der Waals surface area contributed by atoms with Crippen LogP contribution in [0, 0.1) is 6.92 Å². The molecule has 1 heterocycles. The molecule has 6 heteroatoms. The molecule has 1 aromatic rings. The van der Waals surface area contributed by atoms with Crippen LogP contribution in [0.25, 0.3) is 0 Å². The number of aliphatic hydroxyl groups is 1. The molecule has 1 saturated heterocycles. The number of benzene rings is 1. The van der Waals surface area contributed by atoms with Crippen LogP contribution in [0.15, 0.2) is 29.2 Å². The van der Waals surface area contributed by atoms with Gasteiger partial charge in [-0.05, 0) is 45.0 Å². The van der Waals surface area contributed by atoms with Crippen LogP contribution in [-0.2, 0) is 10.0 Å². The summed E-state index contributed by atoms with van der Waals surface area (Å²) in [6, 6.07) is 6.78. The molecule has 1 N–H and O–H groups in total. The van der Waals surface area contributed by atoms with E-state index in [2.05, 4.69) is 4.90 Å². The van der Waals surface area contributed by atoms with Crippen molar-refractivity contribution in [3.05, 3.63) is 29.8 Å². The Hall–Kier alpha value is -0.950. The van der Waals surface area contributed by atoms with Crippen molar-refractivity contribution in [3.8, 4) is 0 Å². The lowest BCUT2D eigenvalue weighted by molar-refractivity contribution is 0.0893. The summed E-state index contributed by atoms with van der Waals surface area (Å²) in [7, 11) is -2.01. The van der Waals surface area contributed by atoms with Crippen LogP contribution in [0.4, 0.5) is 0 Å². The molecule has 1 atom stereocenters. The predicted octanol–water partition coefficient (Wildman–Crippen LogP) is 1.46. The minimum Gasteiger partial charge on any atom is -0.390 e. The normalized spacial score (nSPS) is 18.5. The van der Waals surface area contributed by atoms with Gasteiger partial charge in [-0.3, -0.25) is 0 Å². The standard InChI is InChI=1S/C16H26N2O3S/c1-14-6-8-16(9-7-14)22(20,21)17(2)12-15(19)13-18-10-4-3-5-11-18/h6-9,15,19H,3-5,10-13H2,1-2H3. The number of hydrogen-bond donors (Lipinski definition) is 1. The first-order chi connectivity index (χ1) is 10.4. The molecule has 0 spiro atoms.